The lowest BCUT2D eigenvalue weighted by Gasteiger charge is -2.18. The van der Waals surface area contributed by atoms with Crippen molar-refractivity contribution in [3.05, 3.63) is 71.3 Å². The molecule has 4 aromatic rings. The van der Waals surface area contributed by atoms with Crippen LogP contribution in [0.2, 0.25) is 0 Å². The molecule has 0 saturated heterocycles. The second kappa shape index (κ2) is 16.6. The number of benzene rings is 2. The largest absolute Gasteiger partial charge is 0.510 e. The smallest absolute Gasteiger partial charge is 0.477 e. The number of carbonyl (C=O) groups excluding carboxylic acids is 1. The first kappa shape index (κ1) is 37.8. The third kappa shape index (κ3) is 9.34. The number of hydrogen-bond donors (Lipinski definition) is 3. The topological polar surface area (TPSA) is 187 Å². The van der Waals surface area contributed by atoms with E-state index in [4.69, 9.17) is 19.9 Å². The van der Waals surface area contributed by atoms with Gasteiger partial charge < -0.3 is 19.1 Å². The van der Waals surface area contributed by atoms with Crippen molar-refractivity contribution in [1.29, 1.82) is 0 Å². The summed E-state index contributed by atoms with van der Waals surface area (Å²) in [5.41, 5.74) is -0.865. The van der Waals surface area contributed by atoms with Crippen molar-refractivity contribution in [2.45, 2.75) is 64.4 Å². The zero-order valence-corrected chi connectivity index (χ0v) is 26.4. The summed E-state index contributed by atoms with van der Waals surface area (Å²) in [6, 6.07) is 13.4. The summed E-state index contributed by atoms with van der Waals surface area (Å²) in [6.07, 6.45) is -5.17. The van der Waals surface area contributed by atoms with Gasteiger partial charge in [0, 0.05) is 18.5 Å². The number of nitrogens with zero attached hydrogens (tertiary/aromatic N) is 7. The van der Waals surface area contributed by atoms with Crippen LogP contribution in [0.25, 0.3) is 22.5 Å². The van der Waals surface area contributed by atoms with Gasteiger partial charge in [0.25, 0.3) is 0 Å². The van der Waals surface area contributed by atoms with Gasteiger partial charge in [-0.05, 0) is 47.6 Å². The van der Waals surface area contributed by atoms with Crippen molar-refractivity contribution < 1.29 is 61.4 Å². The molecule has 0 aliphatic heterocycles. The third-order valence-corrected chi connectivity index (χ3v) is 7.12. The third-order valence-electron chi connectivity index (χ3n) is 7.12. The van der Waals surface area contributed by atoms with E-state index in [2.05, 4.69) is 25.2 Å². The van der Waals surface area contributed by atoms with Crippen LogP contribution in [0.5, 0.6) is 0 Å². The first-order valence-electron chi connectivity index (χ1n) is 15.1. The van der Waals surface area contributed by atoms with Crippen LogP contribution in [-0.4, -0.2) is 82.2 Å². The Hall–Kier alpha value is -5.05. The number of imidazole rings is 1. The average Bonchev–Trinajstić information content (AvgIpc) is 3.69. The van der Waals surface area contributed by atoms with Crippen LogP contribution in [0, 0.1) is 0 Å². The molecule has 20 heteroatoms. The van der Waals surface area contributed by atoms with E-state index in [1.54, 1.807) is 55.5 Å². The molecule has 2 aromatic heterocycles. The van der Waals surface area contributed by atoms with Crippen molar-refractivity contribution in [2.75, 3.05) is 13.2 Å². The van der Waals surface area contributed by atoms with E-state index >= 15 is 0 Å². The maximum atomic E-state index is 14.3. The summed E-state index contributed by atoms with van der Waals surface area (Å²) in [4.78, 5) is 32.8. The summed E-state index contributed by atoms with van der Waals surface area (Å²) in [6.45, 7) is 1.04. The number of carboxylic acid groups (broad SMARTS) is 1. The Bertz CT molecular complexity index is 1750. The maximum Gasteiger partial charge on any atom is 0.510 e. The highest BCUT2D eigenvalue weighted by molar-refractivity contribution is 5.87. The Morgan fingerprint density at radius 2 is 1.60 bits per heavy atom. The molecule has 2 heterocycles. The Morgan fingerprint density at radius 3 is 2.24 bits per heavy atom. The van der Waals surface area contributed by atoms with Gasteiger partial charge in [-0.3, -0.25) is 15.3 Å². The van der Waals surface area contributed by atoms with Gasteiger partial charge in [0.05, 0.1) is 18.6 Å². The van der Waals surface area contributed by atoms with E-state index in [-0.39, 0.29) is 43.2 Å². The van der Waals surface area contributed by atoms with E-state index in [1.807, 2.05) is 0 Å². The zero-order valence-electron chi connectivity index (χ0n) is 26.4. The van der Waals surface area contributed by atoms with Gasteiger partial charge >= 0.3 is 24.2 Å². The van der Waals surface area contributed by atoms with Gasteiger partial charge in [-0.25, -0.2) is 14.6 Å². The molecule has 15 nitrogen and oxygen atoms in total. The van der Waals surface area contributed by atoms with Crippen LogP contribution in [-0.2, 0) is 39.9 Å². The number of aromatic carboxylic acids is 1. The summed E-state index contributed by atoms with van der Waals surface area (Å²) in [5.74, 6) is -7.48. The van der Waals surface area contributed by atoms with Crippen LogP contribution >= 0.6 is 0 Å². The van der Waals surface area contributed by atoms with Crippen LogP contribution < -0.4 is 0 Å². The molecule has 0 radical (unpaired) electrons. The number of carboxylic acids is 1. The number of alkyl halides is 5. The Balaban J connectivity index is 1.45. The molecule has 0 amide bonds. The number of carbonyl (C=O) groups is 2. The summed E-state index contributed by atoms with van der Waals surface area (Å²) in [7, 11) is 0. The molecule has 0 saturated carbocycles. The molecule has 50 heavy (non-hydrogen) atoms. The highest BCUT2D eigenvalue weighted by Gasteiger charge is 2.62. The van der Waals surface area contributed by atoms with Crippen LogP contribution in [0.15, 0.2) is 48.5 Å². The van der Waals surface area contributed by atoms with Crippen molar-refractivity contribution in [3.63, 3.8) is 0 Å². The monoisotopic (exact) mass is 713 g/mol. The predicted molar refractivity (Wildman–Crippen MR) is 159 cm³/mol. The molecule has 0 aliphatic carbocycles. The minimum atomic E-state index is -6.04. The summed E-state index contributed by atoms with van der Waals surface area (Å²) < 4.78 is 79.1. The van der Waals surface area contributed by atoms with Crippen LogP contribution in [0.4, 0.5) is 26.7 Å². The number of aromatic nitrogens is 6. The standard InChI is InChI=1S/C30H32F5N7O8/c1-2-8-23-36-25(29(31,32)30(33,34)35)24(27(43)44)40(23)17-19-11-13-20(14-12-19)21-9-4-5-10-22(21)26-37-39-41(38-26)18-49-28(45)48-15-6-3-7-16-50-42(46)47/h4-5,9-14,46-47H,2-3,6-8,15-18H2,1H3,(H,43,44). The number of tetrazole rings is 1. The Kier molecular flexibility index (Phi) is 12.5. The lowest BCUT2D eigenvalue weighted by Crippen LogP contribution is -2.35. The summed E-state index contributed by atoms with van der Waals surface area (Å²) in [5, 5.41) is 38.3. The molecule has 0 spiro atoms. The molecule has 3 N–H and O–H groups in total. The lowest BCUT2D eigenvalue weighted by molar-refractivity contribution is -0.492. The average molecular weight is 714 g/mol. The highest BCUT2D eigenvalue weighted by Crippen LogP contribution is 2.45. The number of unbranched alkanes of at least 4 members (excludes halogenated alkanes) is 2. The van der Waals surface area contributed by atoms with Gasteiger partial charge in [-0.15, -0.1) is 15.0 Å². The van der Waals surface area contributed by atoms with Crippen molar-refractivity contribution >= 4 is 12.1 Å². The predicted octanol–water partition coefficient (Wildman–Crippen LogP) is 5.85. The number of halogens is 5. The molecule has 0 bridgehead atoms. The van der Waals surface area contributed by atoms with Gasteiger partial charge in [-0.2, -0.15) is 22.0 Å². The molecule has 0 atom stereocenters. The SMILES string of the molecule is CCCc1nc(C(F)(F)C(F)(F)F)c(C(=O)O)n1Cc1ccc(-c2ccccc2-c2nnn(COC(=O)OCCCCCON(O)O)n2)cc1. The molecule has 2 aromatic carbocycles. The second-order valence-corrected chi connectivity index (χ2v) is 10.7. The van der Waals surface area contributed by atoms with Crippen molar-refractivity contribution in [1.82, 2.24) is 35.1 Å². The Labute approximate surface area is 280 Å². The second-order valence-electron chi connectivity index (χ2n) is 10.7. The van der Waals surface area contributed by atoms with E-state index in [9.17, 15) is 36.6 Å². The fourth-order valence-electron chi connectivity index (χ4n) is 4.80. The van der Waals surface area contributed by atoms with Crippen LogP contribution in [0.3, 0.4) is 0 Å². The zero-order chi connectivity index (χ0) is 36.5. The molecular weight excluding hydrogens is 681 g/mol. The first-order valence-corrected chi connectivity index (χ1v) is 15.1. The van der Waals surface area contributed by atoms with Gasteiger partial charge in [0.2, 0.25) is 12.6 Å². The number of ether oxygens (including phenoxy) is 2. The minimum Gasteiger partial charge on any atom is -0.477 e. The van der Waals surface area contributed by atoms with Crippen molar-refractivity contribution in [2.24, 2.45) is 0 Å². The minimum absolute atomic E-state index is 0.0334. The number of aryl methyl sites for hydroxylation is 1. The molecule has 0 fully saturated rings. The molecule has 4 rings (SSSR count). The molecule has 0 unspecified atom stereocenters. The van der Waals surface area contributed by atoms with Gasteiger partial charge in [0.15, 0.2) is 11.4 Å². The lowest BCUT2D eigenvalue weighted by atomic mass is 9.98. The normalized spacial score (nSPS) is 12.0. The highest BCUT2D eigenvalue weighted by atomic mass is 19.4. The van der Waals surface area contributed by atoms with E-state index in [0.717, 1.165) is 9.36 Å². The number of hydrogen-bond acceptors (Lipinski definition) is 12. The molecular formula is C30H32F5N7O8. The Morgan fingerprint density at radius 1 is 0.920 bits per heavy atom. The van der Waals surface area contributed by atoms with E-state index in [0.29, 0.717) is 47.9 Å². The van der Waals surface area contributed by atoms with Gasteiger partial charge in [0.1, 0.15) is 5.82 Å². The molecule has 270 valence electrons. The van der Waals surface area contributed by atoms with Crippen molar-refractivity contribution in [3.8, 4) is 22.5 Å². The fraction of sp³-hybridized carbons (Fsp3) is 0.400. The maximum absolute atomic E-state index is 14.3. The first-order chi connectivity index (χ1) is 23.7. The quantitative estimate of drug-likeness (QED) is 0.0512. The van der Waals surface area contributed by atoms with E-state index in [1.165, 1.54) is 0 Å². The van der Waals surface area contributed by atoms with E-state index < -0.39 is 42.3 Å². The number of rotatable bonds is 17. The van der Waals surface area contributed by atoms with Crippen LogP contribution in [0.1, 0.15) is 60.2 Å². The fourth-order valence-corrected chi connectivity index (χ4v) is 4.80. The van der Waals surface area contributed by atoms with Gasteiger partial charge in [-0.1, -0.05) is 55.5 Å². The summed E-state index contributed by atoms with van der Waals surface area (Å²) >= 11 is 0. The molecule has 0 aliphatic rings.